The lowest BCUT2D eigenvalue weighted by molar-refractivity contribution is -0.138. The van der Waals surface area contributed by atoms with Gasteiger partial charge in [0.05, 0.1) is 12.3 Å². The van der Waals surface area contributed by atoms with Crippen LogP contribution in [0, 0.1) is 13.8 Å². The summed E-state index contributed by atoms with van der Waals surface area (Å²) in [5, 5.41) is 10.5. The lowest BCUT2D eigenvalue weighted by Crippen LogP contribution is -2.13. The SMILES string of the molecule is CCOC(=O)C1=C(O)C(=Cc2cc(C)n(-c3cccc(Br)c3)c2C)N=C1C. The zero-order chi connectivity index (χ0) is 19.7. The van der Waals surface area contributed by atoms with Crippen molar-refractivity contribution in [3.63, 3.8) is 0 Å². The standard InChI is InChI=1S/C21H21BrN2O3/c1-5-27-21(26)19-13(3)23-18(20(19)25)10-15-9-12(2)24(14(15)4)17-8-6-7-16(22)11-17/h6-11,25H,5H2,1-4H3. The van der Waals surface area contributed by atoms with E-state index >= 15 is 0 Å². The van der Waals surface area contributed by atoms with Crippen LogP contribution in [0.15, 0.2) is 56.8 Å². The first-order chi connectivity index (χ1) is 12.8. The molecule has 0 aliphatic carbocycles. The van der Waals surface area contributed by atoms with Gasteiger partial charge in [-0.25, -0.2) is 9.79 Å². The number of carbonyl (C=O) groups excluding carboxylic acids is 1. The van der Waals surface area contributed by atoms with Gasteiger partial charge in [0.2, 0.25) is 0 Å². The molecular formula is C21H21BrN2O3. The molecule has 0 bridgehead atoms. The van der Waals surface area contributed by atoms with Gasteiger partial charge in [-0.2, -0.15) is 0 Å². The summed E-state index contributed by atoms with van der Waals surface area (Å²) in [6.45, 7) is 7.70. The molecule has 3 rings (SSSR count). The Kier molecular flexibility index (Phi) is 5.37. The number of benzene rings is 1. The van der Waals surface area contributed by atoms with Crippen molar-refractivity contribution in [1.29, 1.82) is 0 Å². The second-order valence-electron chi connectivity index (χ2n) is 6.31. The number of ether oxygens (including phenoxy) is 1. The van der Waals surface area contributed by atoms with Gasteiger partial charge in [0.1, 0.15) is 11.3 Å². The van der Waals surface area contributed by atoms with E-state index < -0.39 is 5.97 Å². The van der Waals surface area contributed by atoms with Crippen molar-refractivity contribution < 1.29 is 14.6 Å². The maximum Gasteiger partial charge on any atom is 0.343 e. The minimum absolute atomic E-state index is 0.129. The molecule has 1 aromatic heterocycles. The van der Waals surface area contributed by atoms with Crippen LogP contribution in [0.25, 0.3) is 11.8 Å². The third-order valence-electron chi connectivity index (χ3n) is 4.44. The van der Waals surface area contributed by atoms with Gasteiger partial charge in [-0.15, -0.1) is 0 Å². The predicted molar refractivity (Wildman–Crippen MR) is 110 cm³/mol. The van der Waals surface area contributed by atoms with Gasteiger partial charge in [0, 0.05) is 21.5 Å². The van der Waals surface area contributed by atoms with Crippen molar-refractivity contribution in [1.82, 2.24) is 4.57 Å². The Balaban J connectivity index is 2.04. The van der Waals surface area contributed by atoms with E-state index in [0.29, 0.717) is 11.4 Å². The molecule has 2 aromatic rings. The van der Waals surface area contributed by atoms with Gasteiger partial charge in [-0.3, -0.25) is 0 Å². The Morgan fingerprint density at radius 3 is 2.70 bits per heavy atom. The smallest absolute Gasteiger partial charge is 0.343 e. The molecule has 0 saturated carbocycles. The summed E-state index contributed by atoms with van der Waals surface area (Å²) in [6, 6.07) is 10.1. The number of aliphatic hydroxyl groups is 1. The molecule has 140 valence electrons. The first-order valence-electron chi connectivity index (χ1n) is 8.66. The summed E-state index contributed by atoms with van der Waals surface area (Å²) in [6.07, 6.45) is 1.79. The molecule has 1 aromatic carbocycles. The number of aliphatic imine (C=N–C) groups is 1. The second-order valence-corrected chi connectivity index (χ2v) is 7.23. The fraction of sp³-hybridized carbons (Fsp3) is 0.238. The van der Waals surface area contributed by atoms with Crippen LogP contribution in [-0.2, 0) is 9.53 Å². The number of aryl methyl sites for hydroxylation is 1. The van der Waals surface area contributed by atoms with Crippen LogP contribution in [-0.4, -0.2) is 28.0 Å². The van der Waals surface area contributed by atoms with Crippen molar-refractivity contribution in [3.05, 3.63) is 68.8 Å². The summed E-state index contributed by atoms with van der Waals surface area (Å²) in [7, 11) is 0. The maximum atomic E-state index is 12.0. The van der Waals surface area contributed by atoms with E-state index in [-0.39, 0.29) is 17.9 Å². The van der Waals surface area contributed by atoms with E-state index in [1.165, 1.54) is 0 Å². The number of halogens is 1. The maximum absolute atomic E-state index is 12.0. The van der Waals surface area contributed by atoms with Crippen molar-refractivity contribution in [2.24, 2.45) is 4.99 Å². The Morgan fingerprint density at radius 1 is 1.30 bits per heavy atom. The third-order valence-corrected chi connectivity index (χ3v) is 4.93. The molecule has 0 unspecified atom stereocenters. The number of rotatable bonds is 4. The summed E-state index contributed by atoms with van der Waals surface area (Å²) < 4.78 is 8.15. The lowest BCUT2D eigenvalue weighted by atomic mass is 10.1. The number of aliphatic hydroxyl groups excluding tert-OH is 1. The van der Waals surface area contributed by atoms with Gasteiger partial charge >= 0.3 is 5.97 Å². The largest absolute Gasteiger partial charge is 0.505 e. The second kappa shape index (κ2) is 7.56. The number of aromatic nitrogens is 1. The van der Waals surface area contributed by atoms with Crippen LogP contribution < -0.4 is 0 Å². The van der Waals surface area contributed by atoms with E-state index in [2.05, 4.69) is 25.5 Å². The summed E-state index contributed by atoms with van der Waals surface area (Å²) in [5.41, 5.74) is 5.00. The number of nitrogens with zero attached hydrogens (tertiary/aromatic N) is 2. The molecule has 27 heavy (non-hydrogen) atoms. The van der Waals surface area contributed by atoms with Crippen LogP contribution in [0.3, 0.4) is 0 Å². The highest BCUT2D eigenvalue weighted by Gasteiger charge is 2.28. The van der Waals surface area contributed by atoms with Gasteiger partial charge in [-0.05, 0) is 63.6 Å². The zero-order valence-corrected chi connectivity index (χ0v) is 17.3. The molecule has 1 aliphatic rings. The van der Waals surface area contributed by atoms with Crippen LogP contribution in [0.1, 0.15) is 30.8 Å². The fourth-order valence-electron chi connectivity index (χ4n) is 3.23. The summed E-state index contributed by atoms with van der Waals surface area (Å²) >= 11 is 3.51. The van der Waals surface area contributed by atoms with Gasteiger partial charge in [-0.1, -0.05) is 22.0 Å². The van der Waals surface area contributed by atoms with E-state index in [0.717, 1.165) is 27.1 Å². The fourth-order valence-corrected chi connectivity index (χ4v) is 3.62. The number of esters is 1. The average molecular weight is 429 g/mol. The van der Waals surface area contributed by atoms with E-state index in [4.69, 9.17) is 4.74 Å². The van der Waals surface area contributed by atoms with Gasteiger partial charge < -0.3 is 14.4 Å². The molecule has 0 atom stereocenters. The Hall–Kier alpha value is -2.60. The number of hydrogen-bond acceptors (Lipinski definition) is 4. The minimum atomic E-state index is -0.556. The van der Waals surface area contributed by atoms with Crippen molar-refractivity contribution >= 4 is 33.7 Å². The number of hydrogen-bond donors (Lipinski definition) is 1. The number of carbonyl (C=O) groups is 1. The molecule has 0 spiro atoms. The molecular weight excluding hydrogens is 408 g/mol. The van der Waals surface area contributed by atoms with Crippen molar-refractivity contribution in [2.75, 3.05) is 6.61 Å². The third kappa shape index (κ3) is 3.62. The topological polar surface area (TPSA) is 63.8 Å². The molecule has 0 saturated heterocycles. The molecule has 0 amide bonds. The van der Waals surface area contributed by atoms with Gasteiger partial charge in [0.15, 0.2) is 5.76 Å². The Labute approximate surface area is 166 Å². The molecule has 0 radical (unpaired) electrons. The van der Waals surface area contributed by atoms with E-state index in [1.807, 2.05) is 44.2 Å². The first-order valence-corrected chi connectivity index (χ1v) is 9.45. The molecule has 5 nitrogen and oxygen atoms in total. The van der Waals surface area contributed by atoms with Crippen LogP contribution in [0.5, 0.6) is 0 Å². The van der Waals surface area contributed by atoms with Crippen molar-refractivity contribution in [2.45, 2.75) is 27.7 Å². The monoisotopic (exact) mass is 428 g/mol. The predicted octanol–water partition coefficient (Wildman–Crippen LogP) is 5.05. The molecule has 2 heterocycles. The molecule has 1 aliphatic heterocycles. The van der Waals surface area contributed by atoms with Gasteiger partial charge in [0.25, 0.3) is 0 Å². The van der Waals surface area contributed by atoms with Crippen LogP contribution in [0.2, 0.25) is 0 Å². The Bertz CT molecular complexity index is 1010. The highest BCUT2D eigenvalue weighted by Crippen LogP contribution is 2.29. The van der Waals surface area contributed by atoms with Crippen LogP contribution in [0.4, 0.5) is 0 Å². The molecule has 6 heteroatoms. The van der Waals surface area contributed by atoms with E-state index in [9.17, 15) is 9.90 Å². The highest BCUT2D eigenvalue weighted by atomic mass is 79.9. The quantitative estimate of drug-likeness (QED) is 0.693. The summed E-state index contributed by atoms with van der Waals surface area (Å²) in [4.78, 5) is 16.4. The average Bonchev–Trinajstić information content (AvgIpc) is 3.03. The van der Waals surface area contributed by atoms with E-state index in [1.54, 1.807) is 19.9 Å². The highest BCUT2D eigenvalue weighted by molar-refractivity contribution is 9.10. The summed E-state index contributed by atoms with van der Waals surface area (Å²) in [5.74, 6) is -0.697. The van der Waals surface area contributed by atoms with Crippen LogP contribution >= 0.6 is 15.9 Å². The molecule has 0 fully saturated rings. The first kappa shape index (κ1) is 19.2. The molecule has 1 N–H and O–H groups in total. The normalized spacial score (nSPS) is 15.4. The minimum Gasteiger partial charge on any atom is -0.505 e. The lowest BCUT2D eigenvalue weighted by Gasteiger charge is -2.10. The Morgan fingerprint density at radius 2 is 2.04 bits per heavy atom. The zero-order valence-electron chi connectivity index (χ0n) is 15.7. The van der Waals surface area contributed by atoms with Crippen molar-refractivity contribution in [3.8, 4) is 5.69 Å².